The molecule has 0 saturated heterocycles. The third-order valence-corrected chi connectivity index (χ3v) is 8.59. The molecule has 11 heteroatoms. The number of aromatic nitrogens is 2. The number of aromatic amines is 1. The van der Waals surface area contributed by atoms with Crippen LogP contribution in [0.3, 0.4) is 0 Å². The third-order valence-electron chi connectivity index (χ3n) is 6.82. The number of para-hydroxylation sites is 1. The molecule has 3 amide bonds. The second-order valence-electron chi connectivity index (χ2n) is 10.0. The highest BCUT2D eigenvalue weighted by atomic mass is 32.2. The largest absolute Gasteiger partial charge is 0.361 e. The summed E-state index contributed by atoms with van der Waals surface area (Å²) < 4.78 is 13.2. The van der Waals surface area contributed by atoms with Gasteiger partial charge in [-0.3, -0.25) is 14.4 Å². The highest BCUT2D eigenvalue weighted by Crippen LogP contribution is 2.26. The van der Waals surface area contributed by atoms with E-state index in [4.69, 9.17) is 0 Å². The molecule has 0 fully saturated rings. The molecule has 0 unspecified atom stereocenters. The predicted molar refractivity (Wildman–Crippen MR) is 182 cm³/mol. The van der Waals surface area contributed by atoms with Crippen LogP contribution in [0.25, 0.3) is 28.2 Å². The van der Waals surface area contributed by atoms with Crippen molar-refractivity contribution in [1.82, 2.24) is 15.3 Å². The lowest BCUT2D eigenvalue weighted by atomic mass is 10.1. The van der Waals surface area contributed by atoms with Gasteiger partial charge in [-0.2, -0.15) is 0 Å². The van der Waals surface area contributed by atoms with E-state index in [9.17, 15) is 18.8 Å². The molecular weight excluding hydrogens is 622 g/mol. The monoisotopic (exact) mass is 647 g/mol. The Morgan fingerprint density at radius 1 is 0.870 bits per heavy atom. The minimum absolute atomic E-state index is 0.0819. The molecule has 0 atom stereocenters. The number of nitrogens with zero attached hydrogens (tertiary/aromatic N) is 1. The Kier molecular flexibility index (Phi) is 9.32. The number of H-pyrrole nitrogens is 1. The summed E-state index contributed by atoms with van der Waals surface area (Å²) in [6, 6.07) is 29.4. The Hall–Kier alpha value is -5.52. The minimum atomic E-state index is -0.488. The van der Waals surface area contributed by atoms with Crippen LogP contribution in [0.1, 0.15) is 15.9 Å². The number of halogens is 1. The van der Waals surface area contributed by atoms with Crippen molar-refractivity contribution in [2.45, 2.75) is 4.90 Å². The summed E-state index contributed by atoms with van der Waals surface area (Å²) in [4.78, 5) is 47.4. The van der Waals surface area contributed by atoms with Crippen LogP contribution in [-0.2, 0) is 9.59 Å². The van der Waals surface area contributed by atoms with E-state index >= 15 is 0 Å². The van der Waals surface area contributed by atoms with Gasteiger partial charge in [0, 0.05) is 49.8 Å². The molecule has 2 heterocycles. The molecule has 4 N–H and O–H groups in total. The fourth-order valence-corrected chi connectivity index (χ4v) is 5.97. The quantitative estimate of drug-likeness (QED) is 0.0904. The number of fused-ring (bicyclic) bond motifs is 1. The number of thiazole rings is 1. The summed E-state index contributed by atoms with van der Waals surface area (Å²) in [7, 11) is 0. The standard InChI is InChI=1S/C35H26FN5O3S2/c36-25-12-10-22(11-13-25)31-20-46-35(40-31)41-32(42)21-45-27-16-14-26(15-17-27)38-34(44)30(39-33(43)23-6-2-1-3-7-23)18-24-19-37-29-9-5-4-8-28(24)29/h1-20,37H,21H2,(H,38,44)(H,39,43)(H,40,41,42)/b30-18-. The van der Waals surface area contributed by atoms with Gasteiger partial charge in [-0.15, -0.1) is 23.1 Å². The molecule has 2 aromatic heterocycles. The lowest BCUT2D eigenvalue weighted by molar-refractivity contribution is -0.114. The van der Waals surface area contributed by atoms with Crippen LogP contribution in [0.5, 0.6) is 0 Å². The maximum atomic E-state index is 13.4. The summed E-state index contributed by atoms with van der Waals surface area (Å²) in [5, 5.41) is 11.6. The number of thioether (sulfide) groups is 1. The average Bonchev–Trinajstić information content (AvgIpc) is 3.72. The van der Waals surface area contributed by atoms with Crippen molar-refractivity contribution < 1.29 is 18.8 Å². The number of carbonyl (C=O) groups excluding carboxylic acids is 3. The Labute approximate surface area is 271 Å². The Bertz CT molecular complexity index is 2040. The number of hydrogen-bond acceptors (Lipinski definition) is 6. The van der Waals surface area contributed by atoms with Gasteiger partial charge in [-0.05, 0) is 72.8 Å². The molecule has 228 valence electrons. The second kappa shape index (κ2) is 14.1. The normalized spacial score (nSPS) is 11.3. The number of carbonyl (C=O) groups is 3. The molecule has 0 spiro atoms. The van der Waals surface area contributed by atoms with Crippen molar-refractivity contribution in [3.8, 4) is 11.3 Å². The maximum absolute atomic E-state index is 13.4. The Balaban J connectivity index is 1.08. The van der Waals surface area contributed by atoms with Crippen molar-refractivity contribution in [1.29, 1.82) is 0 Å². The van der Waals surface area contributed by atoms with Crippen molar-refractivity contribution in [3.05, 3.63) is 137 Å². The van der Waals surface area contributed by atoms with Gasteiger partial charge in [0.25, 0.3) is 11.8 Å². The summed E-state index contributed by atoms with van der Waals surface area (Å²) in [6.07, 6.45) is 3.43. The van der Waals surface area contributed by atoms with Crippen LogP contribution >= 0.6 is 23.1 Å². The molecule has 6 aromatic rings. The first-order valence-corrected chi connectivity index (χ1v) is 16.0. The first kappa shape index (κ1) is 30.5. The lowest BCUT2D eigenvalue weighted by Gasteiger charge is -2.12. The zero-order valence-corrected chi connectivity index (χ0v) is 25.8. The van der Waals surface area contributed by atoms with E-state index in [0.29, 0.717) is 22.1 Å². The fraction of sp³-hybridized carbons (Fsp3) is 0.0286. The van der Waals surface area contributed by atoms with Crippen LogP contribution in [-0.4, -0.2) is 33.4 Å². The SMILES string of the molecule is O=C(CSc1ccc(NC(=O)/C(=C/c2c[nH]c3ccccc23)NC(=O)c2ccccc2)cc1)Nc1nc(-c2ccc(F)cc2)cs1. The van der Waals surface area contributed by atoms with E-state index < -0.39 is 11.8 Å². The van der Waals surface area contributed by atoms with Gasteiger partial charge in [0.15, 0.2) is 5.13 Å². The number of rotatable bonds is 10. The molecule has 0 aliphatic carbocycles. The van der Waals surface area contributed by atoms with E-state index in [1.54, 1.807) is 78.3 Å². The lowest BCUT2D eigenvalue weighted by Crippen LogP contribution is -2.30. The first-order chi connectivity index (χ1) is 22.4. The van der Waals surface area contributed by atoms with Crippen LogP contribution in [0.4, 0.5) is 15.2 Å². The predicted octanol–water partition coefficient (Wildman–Crippen LogP) is 7.57. The molecule has 0 radical (unpaired) electrons. The van der Waals surface area contributed by atoms with Crippen molar-refractivity contribution in [2.24, 2.45) is 0 Å². The van der Waals surface area contributed by atoms with Gasteiger partial charge in [0.05, 0.1) is 11.4 Å². The smallest absolute Gasteiger partial charge is 0.272 e. The molecule has 0 bridgehead atoms. The summed E-state index contributed by atoms with van der Waals surface area (Å²) in [5.41, 5.74) is 4.11. The van der Waals surface area contributed by atoms with Gasteiger partial charge in [-0.1, -0.05) is 36.4 Å². The van der Waals surface area contributed by atoms with Gasteiger partial charge in [0.1, 0.15) is 11.5 Å². The van der Waals surface area contributed by atoms with Crippen LogP contribution in [0, 0.1) is 5.82 Å². The zero-order chi connectivity index (χ0) is 31.9. The molecule has 0 saturated carbocycles. The molecule has 6 rings (SSSR count). The van der Waals surface area contributed by atoms with E-state index in [2.05, 4.69) is 25.9 Å². The summed E-state index contributed by atoms with van der Waals surface area (Å²) in [5.74, 6) is -1.28. The maximum Gasteiger partial charge on any atom is 0.272 e. The molecule has 8 nitrogen and oxygen atoms in total. The molecule has 0 aliphatic rings. The number of amides is 3. The summed E-state index contributed by atoms with van der Waals surface area (Å²) >= 11 is 2.63. The Morgan fingerprint density at radius 2 is 1.61 bits per heavy atom. The highest BCUT2D eigenvalue weighted by Gasteiger charge is 2.16. The van der Waals surface area contributed by atoms with Crippen LogP contribution < -0.4 is 16.0 Å². The van der Waals surface area contributed by atoms with Crippen molar-refractivity contribution >= 4 is 68.6 Å². The van der Waals surface area contributed by atoms with E-state index in [1.165, 1.54) is 35.2 Å². The second-order valence-corrected chi connectivity index (χ2v) is 11.9. The Morgan fingerprint density at radius 3 is 2.39 bits per heavy atom. The molecule has 0 aliphatic heterocycles. The third kappa shape index (κ3) is 7.57. The van der Waals surface area contributed by atoms with E-state index in [-0.39, 0.29) is 23.2 Å². The molecule has 46 heavy (non-hydrogen) atoms. The fourth-order valence-electron chi connectivity index (χ4n) is 4.53. The highest BCUT2D eigenvalue weighted by molar-refractivity contribution is 8.00. The average molecular weight is 648 g/mol. The number of anilines is 2. The van der Waals surface area contributed by atoms with Gasteiger partial charge < -0.3 is 20.9 Å². The zero-order valence-electron chi connectivity index (χ0n) is 24.1. The van der Waals surface area contributed by atoms with Crippen molar-refractivity contribution in [3.63, 3.8) is 0 Å². The minimum Gasteiger partial charge on any atom is -0.361 e. The van der Waals surface area contributed by atoms with E-state index in [0.717, 1.165) is 26.9 Å². The number of benzene rings is 4. The summed E-state index contributed by atoms with van der Waals surface area (Å²) in [6.45, 7) is 0. The van der Waals surface area contributed by atoms with Crippen LogP contribution in [0.2, 0.25) is 0 Å². The van der Waals surface area contributed by atoms with Gasteiger partial charge >= 0.3 is 0 Å². The topological polar surface area (TPSA) is 116 Å². The van der Waals surface area contributed by atoms with Crippen LogP contribution in [0.15, 0.2) is 125 Å². The van der Waals surface area contributed by atoms with E-state index in [1.807, 2.05) is 30.3 Å². The van der Waals surface area contributed by atoms with Crippen molar-refractivity contribution in [2.75, 3.05) is 16.4 Å². The number of nitrogens with one attached hydrogen (secondary N) is 4. The molecule has 4 aromatic carbocycles. The van der Waals surface area contributed by atoms with Gasteiger partial charge in [0.2, 0.25) is 5.91 Å². The number of hydrogen-bond donors (Lipinski definition) is 4. The first-order valence-electron chi connectivity index (χ1n) is 14.1. The van der Waals surface area contributed by atoms with Gasteiger partial charge in [-0.25, -0.2) is 9.37 Å². The molecular formula is C35H26FN5O3S2.